The second-order valence-corrected chi connectivity index (χ2v) is 4.52. The summed E-state index contributed by atoms with van der Waals surface area (Å²) < 4.78 is 13.1. The Morgan fingerprint density at radius 2 is 2.28 bits per heavy atom. The van der Waals surface area contributed by atoms with Gasteiger partial charge in [-0.25, -0.2) is 4.39 Å². The van der Waals surface area contributed by atoms with E-state index in [0.717, 1.165) is 12.1 Å². The van der Waals surface area contributed by atoms with Crippen molar-refractivity contribution in [2.24, 2.45) is 5.73 Å². The van der Waals surface area contributed by atoms with E-state index in [4.69, 9.17) is 5.73 Å². The third-order valence-electron chi connectivity index (χ3n) is 2.04. The number of nitrogens with one attached hydrogen (secondary N) is 1. The normalized spacial score (nSPS) is 12.0. The average Bonchev–Trinajstić information content (AvgIpc) is 2.28. The molecule has 1 aromatic carbocycles. The maximum Gasteiger partial charge on any atom is 0.287 e. The minimum absolute atomic E-state index is 0.0592. The fourth-order valence-electron chi connectivity index (χ4n) is 1.22. The number of nitrogens with two attached hydrogens (primary N) is 1. The first kappa shape index (κ1) is 14.5. The zero-order valence-electron chi connectivity index (χ0n) is 9.44. The van der Waals surface area contributed by atoms with Crippen LogP contribution < -0.4 is 11.1 Å². The molecule has 0 bridgehead atoms. The lowest BCUT2D eigenvalue weighted by atomic mass is 10.1. The van der Waals surface area contributed by atoms with Gasteiger partial charge in [0.1, 0.15) is 10.3 Å². The number of amides is 1. The molecule has 6 nitrogen and oxygen atoms in total. The highest BCUT2D eigenvalue weighted by molar-refractivity contribution is 9.10. The summed E-state index contributed by atoms with van der Waals surface area (Å²) in [7, 11) is 0. The first-order chi connectivity index (χ1) is 8.32. The molecule has 1 rings (SSSR count). The van der Waals surface area contributed by atoms with Gasteiger partial charge in [0.2, 0.25) is 0 Å². The Labute approximate surface area is 111 Å². The summed E-state index contributed by atoms with van der Waals surface area (Å²) in [5.74, 6) is -1.47. The summed E-state index contributed by atoms with van der Waals surface area (Å²) in [4.78, 5) is 21.6. The number of benzene rings is 1. The van der Waals surface area contributed by atoms with Gasteiger partial charge in [0.05, 0.1) is 16.6 Å². The van der Waals surface area contributed by atoms with Crippen LogP contribution in [0.5, 0.6) is 0 Å². The van der Waals surface area contributed by atoms with E-state index in [0.29, 0.717) is 0 Å². The molecular weight excluding hydrogens is 309 g/mol. The van der Waals surface area contributed by atoms with Crippen LogP contribution in [0.2, 0.25) is 0 Å². The lowest BCUT2D eigenvalue weighted by Gasteiger charge is -2.09. The van der Waals surface area contributed by atoms with Crippen molar-refractivity contribution in [3.05, 3.63) is 38.1 Å². The quantitative estimate of drug-likeness (QED) is 0.650. The predicted molar refractivity (Wildman–Crippen MR) is 66.7 cm³/mol. The molecule has 0 aromatic heterocycles. The number of nitro benzene ring substituents is 1. The zero-order chi connectivity index (χ0) is 13.9. The van der Waals surface area contributed by atoms with Gasteiger partial charge in [-0.1, -0.05) is 0 Å². The second-order valence-electron chi connectivity index (χ2n) is 3.73. The van der Waals surface area contributed by atoms with E-state index in [2.05, 4.69) is 21.2 Å². The maximum atomic E-state index is 13.2. The molecule has 0 aliphatic heterocycles. The van der Waals surface area contributed by atoms with Crippen molar-refractivity contribution in [2.75, 3.05) is 6.54 Å². The van der Waals surface area contributed by atoms with Gasteiger partial charge in [0, 0.05) is 12.6 Å². The van der Waals surface area contributed by atoms with E-state index in [1.54, 1.807) is 6.92 Å². The Kier molecular flexibility index (Phi) is 4.74. The van der Waals surface area contributed by atoms with E-state index in [9.17, 15) is 19.3 Å². The summed E-state index contributed by atoms with van der Waals surface area (Å²) in [5.41, 5.74) is 4.82. The third-order valence-corrected chi connectivity index (χ3v) is 2.88. The lowest BCUT2D eigenvalue weighted by molar-refractivity contribution is -0.385. The highest BCUT2D eigenvalue weighted by Crippen LogP contribution is 2.29. The van der Waals surface area contributed by atoms with Crippen molar-refractivity contribution < 1.29 is 14.1 Å². The van der Waals surface area contributed by atoms with Gasteiger partial charge in [0.25, 0.3) is 11.6 Å². The highest BCUT2D eigenvalue weighted by Gasteiger charge is 2.21. The predicted octanol–water partition coefficient (Wildman–Crippen LogP) is 1.57. The van der Waals surface area contributed by atoms with Gasteiger partial charge in [-0.05, 0) is 28.9 Å². The molecule has 1 atom stereocenters. The molecule has 0 unspecified atom stereocenters. The fraction of sp³-hybridized carbons (Fsp3) is 0.300. The molecule has 0 saturated heterocycles. The summed E-state index contributed by atoms with van der Waals surface area (Å²) in [6.07, 6.45) is 0. The molecule has 0 saturated carbocycles. The molecule has 0 aliphatic rings. The first-order valence-corrected chi connectivity index (χ1v) is 5.79. The van der Waals surface area contributed by atoms with E-state index in [1.165, 1.54) is 0 Å². The number of carbonyl (C=O) groups is 1. The van der Waals surface area contributed by atoms with Gasteiger partial charge < -0.3 is 11.1 Å². The maximum absolute atomic E-state index is 13.2. The Balaban J connectivity index is 3.09. The van der Waals surface area contributed by atoms with E-state index in [-0.39, 0.29) is 22.6 Å². The smallest absolute Gasteiger partial charge is 0.287 e. The fourth-order valence-corrected chi connectivity index (χ4v) is 1.78. The molecule has 0 radical (unpaired) electrons. The Bertz CT molecular complexity index is 494. The molecular formula is C10H11BrFN3O3. The van der Waals surface area contributed by atoms with E-state index >= 15 is 0 Å². The van der Waals surface area contributed by atoms with E-state index in [1.807, 2.05) is 0 Å². The molecule has 0 fully saturated rings. The number of nitro groups is 1. The van der Waals surface area contributed by atoms with Crippen molar-refractivity contribution in [1.82, 2.24) is 5.32 Å². The molecule has 1 amide bonds. The van der Waals surface area contributed by atoms with Gasteiger partial charge in [0.15, 0.2) is 0 Å². The molecule has 18 heavy (non-hydrogen) atoms. The first-order valence-electron chi connectivity index (χ1n) is 5.00. The van der Waals surface area contributed by atoms with Crippen LogP contribution in [0.15, 0.2) is 16.6 Å². The van der Waals surface area contributed by atoms with Gasteiger partial charge >= 0.3 is 0 Å². The Morgan fingerprint density at radius 3 is 2.78 bits per heavy atom. The van der Waals surface area contributed by atoms with Crippen molar-refractivity contribution in [1.29, 1.82) is 0 Å². The van der Waals surface area contributed by atoms with Crippen LogP contribution in [0, 0.1) is 15.9 Å². The second kappa shape index (κ2) is 5.87. The average molecular weight is 320 g/mol. The molecule has 98 valence electrons. The highest BCUT2D eigenvalue weighted by atomic mass is 79.9. The lowest BCUT2D eigenvalue weighted by Crippen LogP contribution is -2.35. The number of nitrogens with zero attached hydrogens (tertiary/aromatic N) is 1. The minimum atomic E-state index is -0.851. The van der Waals surface area contributed by atoms with Crippen LogP contribution in [0.3, 0.4) is 0 Å². The van der Waals surface area contributed by atoms with Crippen molar-refractivity contribution in [3.63, 3.8) is 0 Å². The summed E-state index contributed by atoms with van der Waals surface area (Å²) in [6, 6.07) is 1.40. The van der Waals surface area contributed by atoms with Crippen LogP contribution in [-0.2, 0) is 0 Å². The van der Waals surface area contributed by atoms with Crippen molar-refractivity contribution >= 4 is 27.5 Å². The minimum Gasteiger partial charge on any atom is -0.350 e. The van der Waals surface area contributed by atoms with Crippen LogP contribution in [-0.4, -0.2) is 23.4 Å². The van der Waals surface area contributed by atoms with Crippen LogP contribution in [0.4, 0.5) is 10.1 Å². The van der Waals surface area contributed by atoms with E-state index < -0.39 is 22.3 Å². The Hall–Kier alpha value is -1.54. The van der Waals surface area contributed by atoms with Crippen LogP contribution in [0.1, 0.15) is 17.3 Å². The molecule has 1 aromatic rings. The molecule has 3 N–H and O–H groups in total. The Morgan fingerprint density at radius 1 is 1.67 bits per heavy atom. The van der Waals surface area contributed by atoms with Crippen LogP contribution >= 0.6 is 15.9 Å². The summed E-state index contributed by atoms with van der Waals surface area (Å²) in [6.45, 7) is 1.87. The summed E-state index contributed by atoms with van der Waals surface area (Å²) in [5, 5.41) is 13.1. The van der Waals surface area contributed by atoms with Crippen LogP contribution in [0.25, 0.3) is 0 Å². The number of halogens is 2. The number of hydrogen-bond acceptors (Lipinski definition) is 4. The monoisotopic (exact) mass is 319 g/mol. The molecule has 8 heteroatoms. The summed E-state index contributed by atoms with van der Waals surface area (Å²) >= 11 is 2.92. The molecule has 0 spiro atoms. The number of hydrogen-bond donors (Lipinski definition) is 2. The zero-order valence-corrected chi connectivity index (χ0v) is 11.0. The van der Waals surface area contributed by atoms with Gasteiger partial charge in [-0.3, -0.25) is 14.9 Å². The van der Waals surface area contributed by atoms with Crippen molar-refractivity contribution in [2.45, 2.75) is 13.0 Å². The van der Waals surface area contributed by atoms with Crippen molar-refractivity contribution in [3.8, 4) is 0 Å². The third kappa shape index (κ3) is 3.47. The SMILES string of the molecule is C[C@H](N)CNC(=O)c1cc(F)cc([N+](=O)[O-])c1Br. The molecule has 0 aliphatic carbocycles. The van der Waals surface area contributed by atoms with Gasteiger partial charge in [-0.15, -0.1) is 0 Å². The largest absolute Gasteiger partial charge is 0.350 e. The van der Waals surface area contributed by atoms with Gasteiger partial charge in [-0.2, -0.15) is 0 Å². The number of rotatable bonds is 4. The topological polar surface area (TPSA) is 98.3 Å². The standard InChI is InChI=1S/C10H11BrFN3O3/c1-5(13)4-14-10(16)7-2-6(12)3-8(9(7)11)15(17)18/h2-3,5H,4,13H2,1H3,(H,14,16)/t5-/m0/s1. The number of carbonyl (C=O) groups excluding carboxylic acids is 1. The molecule has 0 heterocycles.